The van der Waals surface area contributed by atoms with Crippen LogP contribution in [0.1, 0.15) is 51.4 Å². The number of nitrogens with one attached hydrogen (secondary N) is 2. The number of rotatable bonds is 7. The number of carbonyl (C=O) groups is 2. The number of hydrogen-bond donors (Lipinski definition) is 2. The van der Waals surface area contributed by atoms with E-state index < -0.39 is 0 Å². The van der Waals surface area contributed by atoms with Gasteiger partial charge in [-0.25, -0.2) is 0 Å². The molecule has 0 atom stereocenters. The summed E-state index contributed by atoms with van der Waals surface area (Å²) in [4.78, 5) is 33.4. The van der Waals surface area contributed by atoms with E-state index in [0.29, 0.717) is 12.1 Å². The van der Waals surface area contributed by atoms with Gasteiger partial charge in [-0.15, -0.1) is 0 Å². The van der Waals surface area contributed by atoms with Crippen molar-refractivity contribution in [2.24, 2.45) is 0 Å². The third-order valence-corrected chi connectivity index (χ3v) is 4.67. The molecule has 0 aliphatic carbocycles. The molecule has 2 heterocycles. The van der Waals surface area contributed by atoms with E-state index in [1.54, 1.807) is 18.5 Å². The Kier molecular flexibility index (Phi) is 6.68. The molecule has 148 valence electrons. The van der Waals surface area contributed by atoms with Crippen molar-refractivity contribution >= 4 is 17.5 Å². The van der Waals surface area contributed by atoms with Crippen molar-refractivity contribution in [2.45, 2.75) is 33.2 Å². The number of hydrogen-bond acceptors (Lipinski definition) is 4. The number of aryl methyl sites for hydroxylation is 2. The summed E-state index contributed by atoms with van der Waals surface area (Å²) in [6.45, 7) is 4.46. The van der Waals surface area contributed by atoms with E-state index in [1.807, 2.05) is 30.3 Å². The molecule has 0 saturated carbocycles. The van der Waals surface area contributed by atoms with Crippen LogP contribution in [0.15, 0.2) is 61.1 Å². The normalized spacial score (nSPS) is 10.4. The summed E-state index contributed by atoms with van der Waals surface area (Å²) < 4.78 is 0. The lowest BCUT2D eigenvalue weighted by molar-refractivity contribution is 0.0950. The van der Waals surface area contributed by atoms with E-state index >= 15 is 0 Å². The smallest absolute Gasteiger partial charge is 0.274 e. The van der Waals surface area contributed by atoms with Gasteiger partial charge in [0, 0.05) is 36.4 Å². The van der Waals surface area contributed by atoms with Crippen molar-refractivity contribution in [3.63, 3.8) is 0 Å². The Morgan fingerprint density at radius 2 is 1.69 bits per heavy atom. The van der Waals surface area contributed by atoms with E-state index in [4.69, 9.17) is 0 Å². The van der Waals surface area contributed by atoms with Crippen molar-refractivity contribution < 1.29 is 9.59 Å². The van der Waals surface area contributed by atoms with Crippen LogP contribution in [0.3, 0.4) is 0 Å². The van der Waals surface area contributed by atoms with Crippen LogP contribution in [0.5, 0.6) is 0 Å². The van der Waals surface area contributed by atoms with Crippen LogP contribution in [0, 0.1) is 0 Å². The van der Waals surface area contributed by atoms with Gasteiger partial charge < -0.3 is 10.6 Å². The molecule has 3 aromatic rings. The summed E-state index contributed by atoms with van der Waals surface area (Å²) in [6.07, 6.45) is 6.48. The summed E-state index contributed by atoms with van der Waals surface area (Å²) in [5.74, 6) is -0.601. The third kappa shape index (κ3) is 5.04. The van der Waals surface area contributed by atoms with Crippen LogP contribution < -0.4 is 10.6 Å². The minimum atomic E-state index is -0.331. The third-order valence-electron chi connectivity index (χ3n) is 4.67. The topological polar surface area (TPSA) is 84.0 Å². The molecule has 29 heavy (non-hydrogen) atoms. The van der Waals surface area contributed by atoms with Crippen LogP contribution in [-0.4, -0.2) is 21.8 Å². The van der Waals surface area contributed by atoms with E-state index in [0.717, 1.165) is 35.2 Å². The summed E-state index contributed by atoms with van der Waals surface area (Å²) in [7, 11) is 0. The maximum Gasteiger partial charge on any atom is 0.274 e. The molecular weight excluding hydrogens is 364 g/mol. The lowest BCUT2D eigenvalue weighted by Crippen LogP contribution is -2.24. The second-order valence-corrected chi connectivity index (χ2v) is 6.59. The molecule has 0 unspecified atom stereocenters. The van der Waals surface area contributed by atoms with Crippen molar-refractivity contribution in [1.29, 1.82) is 0 Å². The van der Waals surface area contributed by atoms with Gasteiger partial charge in [0.05, 0.1) is 0 Å². The molecule has 3 rings (SSSR count). The van der Waals surface area contributed by atoms with Crippen molar-refractivity contribution in [3.8, 4) is 0 Å². The lowest BCUT2D eigenvalue weighted by atomic mass is 10.0. The molecule has 0 fully saturated rings. The summed E-state index contributed by atoms with van der Waals surface area (Å²) >= 11 is 0. The van der Waals surface area contributed by atoms with Gasteiger partial charge in [0.25, 0.3) is 11.8 Å². The molecule has 6 nitrogen and oxygen atoms in total. The number of benzene rings is 1. The first-order chi connectivity index (χ1) is 14.1. The van der Waals surface area contributed by atoms with Crippen LogP contribution in [0.25, 0.3) is 0 Å². The number of amides is 2. The van der Waals surface area contributed by atoms with Gasteiger partial charge in [0.1, 0.15) is 5.69 Å². The Morgan fingerprint density at radius 3 is 2.34 bits per heavy atom. The second kappa shape index (κ2) is 9.59. The first kappa shape index (κ1) is 20.2. The molecule has 0 bridgehead atoms. The number of nitrogens with zero attached hydrogens (tertiary/aromatic N) is 2. The van der Waals surface area contributed by atoms with Crippen LogP contribution >= 0.6 is 0 Å². The predicted octanol–water partition coefficient (Wildman–Crippen LogP) is 3.78. The van der Waals surface area contributed by atoms with E-state index in [-0.39, 0.29) is 17.5 Å². The number of para-hydroxylation sites is 1. The number of anilines is 1. The number of aromatic nitrogens is 2. The average molecular weight is 388 g/mol. The maximum absolute atomic E-state index is 12.8. The second-order valence-electron chi connectivity index (χ2n) is 6.59. The quantitative estimate of drug-likeness (QED) is 0.645. The summed E-state index contributed by atoms with van der Waals surface area (Å²) in [6, 6.07) is 12.8. The molecule has 0 aliphatic rings. The van der Waals surface area contributed by atoms with Gasteiger partial charge >= 0.3 is 0 Å². The number of carbonyl (C=O) groups excluding carboxylic acids is 2. The first-order valence-corrected chi connectivity index (χ1v) is 9.67. The van der Waals surface area contributed by atoms with Gasteiger partial charge in [-0.2, -0.15) is 0 Å². The van der Waals surface area contributed by atoms with Crippen molar-refractivity contribution in [2.75, 3.05) is 5.32 Å². The monoisotopic (exact) mass is 388 g/mol. The maximum atomic E-state index is 12.8. The summed E-state index contributed by atoms with van der Waals surface area (Å²) in [5.41, 5.74) is 4.46. The van der Waals surface area contributed by atoms with Gasteiger partial charge in [-0.05, 0) is 47.7 Å². The zero-order valence-electron chi connectivity index (χ0n) is 16.6. The van der Waals surface area contributed by atoms with Gasteiger partial charge in [0.15, 0.2) is 0 Å². The van der Waals surface area contributed by atoms with E-state index in [9.17, 15) is 9.59 Å². The summed E-state index contributed by atoms with van der Waals surface area (Å²) in [5, 5.41) is 5.81. The molecule has 0 radical (unpaired) electrons. The van der Waals surface area contributed by atoms with E-state index in [2.05, 4.69) is 34.4 Å². The molecule has 0 saturated heterocycles. The standard InChI is InChI=1S/C23H24N4O2/c1-3-17-8-5-9-18(4-2)21(17)27-23(29)20-13-19(10-12-25-20)22(28)26-15-16-7-6-11-24-14-16/h5-14H,3-4,15H2,1-2H3,(H,26,28)(H,27,29). The zero-order valence-corrected chi connectivity index (χ0v) is 16.6. The van der Waals surface area contributed by atoms with Crippen LogP contribution in [0.2, 0.25) is 0 Å². The Bertz CT molecular complexity index is 981. The minimum Gasteiger partial charge on any atom is -0.348 e. The zero-order chi connectivity index (χ0) is 20.6. The fraction of sp³-hybridized carbons (Fsp3) is 0.217. The molecule has 6 heteroatoms. The number of pyridine rings is 2. The highest BCUT2D eigenvalue weighted by Crippen LogP contribution is 2.23. The highest BCUT2D eigenvalue weighted by Gasteiger charge is 2.15. The molecule has 0 aliphatic heterocycles. The largest absolute Gasteiger partial charge is 0.348 e. The van der Waals surface area contributed by atoms with Crippen LogP contribution in [0.4, 0.5) is 5.69 Å². The van der Waals surface area contributed by atoms with Crippen molar-refractivity contribution in [3.05, 3.63) is 89.0 Å². The highest BCUT2D eigenvalue weighted by atomic mass is 16.2. The highest BCUT2D eigenvalue weighted by molar-refractivity contribution is 6.05. The molecule has 2 N–H and O–H groups in total. The fourth-order valence-electron chi connectivity index (χ4n) is 3.06. The molecule has 2 amide bonds. The Balaban J connectivity index is 1.74. The molecule has 0 spiro atoms. The average Bonchev–Trinajstić information content (AvgIpc) is 2.78. The minimum absolute atomic E-state index is 0.201. The predicted molar refractivity (Wildman–Crippen MR) is 113 cm³/mol. The van der Waals surface area contributed by atoms with Gasteiger partial charge in [-0.1, -0.05) is 38.1 Å². The van der Waals surface area contributed by atoms with Crippen LogP contribution in [-0.2, 0) is 19.4 Å². The van der Waals surface area contributed by atoms with Gasteiger partial charge in [-0.3, -0.25) is 19.6 Å². The van der Waals surface area contributed by atoms with E-state index in [1.165, 1.54) is 12.3 Å². The molecular formula is C23H24N4O2. The fourth-order valence-corrected chi connectivity index (χ4v) is 3.06. The van der Waals surface area contributed by atoms with Gasteiger partial charge in [0.2, 0.25) is 0 Å². The lowest BCUT2D eigenvalue weighted by Gasteiger charge is -2.14. The Morgan fingerprint density at radius 1 is 0.931 bits per heavy atom. The Hall–Kier alpha value is -3.54. The Labute approximate surface area is 170 Å². The first-order valence-electron chi connectivity index (χ1n) is 9.67. The SMILES string of the molecule is CCc1cccc(CC)c1NC(=O)c1cc(C(=O)NCc2cccnc2)ccn1. The molecule has 1 aromatic carbocycles. The molecule has 2 aromatic heterocycles. The van der Waals surface area contributed by atoms with Crippen molar-refractivity contribution in [1.82, 2.24) is 15.3 Å².